The van der Waals surface area contributed by atoms with E-state index in [4.69, 9.17) is 0 Å². The zero-order chi connectivity index (χ0) is 12.2. The van der Waals surface area contributed by atoms with Gasteiger partial charge in [-0.15, -0.1) is 0 Å². The molecule has 0 unspecified atom stereocenters. The molecule has 0 aliphatic rings. The number of nitrogens with zero attached hydrogens (tertiary/aromatic N) is 1. The minimum atomic E-state index is -4.42. The van der Waals surface area contributed by atoms with Crippen LogP contribution in [0.4, 0.5) is 13.2 Å². The fraction of sp³-hybridized carbons (Fsp3) is 0.111. The highest BCUT2D eigenvalue weighted by molar-refractivity contribution is 6.23. The quantitative estimate of drug-likeness (QED) is 0.276. The largest absolute Gasteiger partial charge is 0.422 e. The maximum absolute atomic E-state index is 12.2. The molecule has 0 fully saturated rings. The Kier molecular flexibility index (Phi) is 3.49. The number of hydrazone groups is 1. The fourth-order valence-electron chi connectivity index (χ4n) is 0.915. The van der Waals surface area contributed by atoms with Crippen molar-refractivity contribution in [1.82, 2.24) is 0 Å². The standard InChI is InChI=1S/C9H7F3N2O2/c10-9(11,12)6-1-3-7(4-2-6)16-8(15)5-14-13/h1-5H,13H2. The van der Waals surface area contributed by atoms with E-state index >= 15 is 0 Å². The summed E-state index contributed by atoms with van der Waals surface area (Å²) in [5, 5.41) is 2.91. The van der Waals surface area contributed by atoms with Gasteiger partial charge in [-0.05, 0) is 24.3 Å². The maximum Gasteiger partial charge on any atom is 0.416 e. The van der Waals surface area contributed by atoms with Crippen molar-refractivity contribution >= 4 is 12.2 Å². The van der Waals surface area contributed by atoms with Crippen LogP contribution in [0.5, 0.6) is 5.75 Å². The molecule has 0 saturated carbocycles. The number of benzene rings is 1. The van der Waals surface area contributed by atoms with Crippen molar-refractivity contribution in [3.63, 3.8) is 0 Å². The lowest BCUT2D eigenvalue weighted by Gasteiger charge is -2.06. The molecule has 0 heterocycles. The van der Waals surface area contributed by atoms with Gasteiger partial charge in [0.05, 0.1) is 5.56 Å². The molecule has 1 aromatic carbocycles. The van der Waals surface area contributed by atoms with Gasteiger partial charge in [-0.3, -0.25) is 0 Å². The van der Waals surface area contributed by atoms with Gasteiger partial charge in [0.15, 0.2) is 0 Å². The zero-order valence-electron chi connectivity index (χ0n) is 7.86. The second-order valence-electron chi connectivity index (χ2n) is 2.72. The van der Waals surface area contributed by atoms with Crippen molar-refractivity contribution in [2.24, 2.45) is 10.9 Å². The number of alkyl halides is 3. The van der Waals surface area contributed by atoms with E-state index < -0.39 is 17.7 Å². The van der Waals surface area contributed by atoms with Gasteiger partial charge in [-0.1, -0.05) is 0 Å². The molecular formula is C9H7F3N2O2. The summed E-state index contributed by atoms with van der Waals surface area (Å²) in [5.41, 5.74) is -0.820. The summed E-state index contributed by atoms with van der Waals surface area (Å²) in [6, 6.07) is 3.68. The first-order valence-corrected chi connectivity index (χ1v) is 4.06. The first-order valence-electron chi connectivity index (χ1n) is 4.06. The molecule has 0 amide bonds. The predicted molar refractivity (Wildman–Crippen MR) is 49.8 cm³/mol. The van der Waals surface area contributed by atoms with Crippen LogP contribution >= 0.6 is 0 Å². The lowest BCUT2D eigenvalue weighted by molar-refractivity contribution is -0.137. The average molecular weight is 232 g/mol. The van der Waals surface area contributed by atoms with Crippen molar-refractivity contribution in [3.05, 3.63) is 29.8 Å². The molecule has 1 aromatic rings. The van der Waals surface area contributed by atoms with Gasteiger partial charge in [0, 0.05) is 0 Å². The Morgan fingerprint density at radius 3 is 2.31 bits per heavy atom. The van der Waals surface area contributed by atoms with Gasteiger partial charge in [-0.25, -0.2) is 4.79 Å². The summed E-state index contributed by atoms with van der Waals surface area (Å²) < 4.78 is 41.1. The summed E-state index contributed by atoms with van der Waals surface area (Å²) in [6.07, 6.45) is -3.71. The molecule has 0 spiro atoms. The molecule has 86 valence electrons. The third kappa shape index (κ3) is 3.26. The molecule has 1 rings (SSSR count). The van der Waals surface area contributed by atoms with Crippen LogP contribution in [0.15, 0.2) is 29.4 Å². The number of carbonyl (C=O) groups is 1. The van der Waals surface area contributed by atoms with Gasteiger partial charge in [0.2, 0.25) is 0 Å². The molecule has 0 aliphatic heterocycles. The Morgan fingerprint density at radius 1 is 1.31 bits per heavy atom. The van der Waals surface area contributed by atoms with Crippen molar-refractivity contribution in [2.45, 2.75) is 6.18 Å². The van der Waals surface area contributed by atoms with Crippen LogP contribution in [0.25, 0.3) is 0 Å². The Balaban J connectivity index is 2.76. The molecule has 0 aromatic heterocycles. The number of rotatable bonds is 2. The number of ether oxygens (including phenoxy) is 1. The van der Waals surface area contributed by atoms with E-state index in [1.807, 2.05) is 0 Å². The molecular weight excluding hydrogens is 225 g/mol. The molecule has 2 N–H and O–H groups in total. The van der Waals surface area contributed by atoms with Crippen LogP contribution in [0.1, 0.15) is 5.56 Å². The van der Waals surface area contributed by atoms with Gasteiger partial charge in [0.25, 0.3) is 0 Å². The normalized spacial score (nSPS) is 11.7. The fourth-order valence-corrected chi connectivity index (χ4v) is 0.915. The highest BCUT2D eigenvalue weighted by Gasteiger charge is 2.30. The van der Waals surface area contributed by atoms with Crippen LogP contribution in [0, 0.1) is 0 Å². The number of hydrogen-bond donors (Lipinski definition) is 1. The molecule has 0 saturated heterocycles. The van der Waals surface area contributed by atoms with Crippen molar-refractivity contribution in [2.75, 3.05) is 0 Å². The number of nitrogens with two attached hydrogens (primary N) is 1. The Hall–Kier alpha value is -2.05. The minimum Gasteiger partial charge on any atom is -0.422 e. The van der Waals surface area contributed by atoms with Gasteiger partial charge >= 0.3 is 12.1 Å². The van der Waals surface area contributed by atoms with Gasteiger partial charge < -0.3 is 10.6 Å². The molecule has 0 atom stereocenters. The molecule has 16 heavy (non-hydrogen) atoms. The monoisotopic (exact) mass is 232 g/mol. The molecule has 0 aliphatic carbocycles. The average Bonchev–Trinajstić information content (AvgIpc) is 2.17. The van der Waals surface area contributed by atoms with E-state index in [0.29, 0.717) is 6.21 Å². The van der Waals surface area contributed by atoms with Crippen LogP contribution in [0.2, 0.25) is 0 Å². The smallest absolute Gasteiger partial charge is 0.416 e. The van der Waals surface area contributed by atoms with E-state index in [1.165, 1.54) is 0 Å². The lowest BCUT2D eigenvalue weighted by atomic mass is 10.2. The lowest BCUT2D eigenvalue weighted by Crippen LogP contribution is -2.10. The van der Waals surface area contributed by atoms with Crippen LogP contribution in [-0.4, -0.2) is 12.2 Å². The summed E-state index contributed by atoms with van der Waals surface area (Å²) in [6.45, 7) is 0. The SMILES string of the molecule is NN=CC(=O)Oc1ccc(C(F)(F)F)cc1. The first kappa shape index (κ1) is 12.0. The van der Waals surface area contributed by atoms with Gasteiger partial charge in [-0.2, -0.15) is 18.3 Å². The minimum absolute atomic E-state index is 0.0158. The zero-order valence-corrected chi connectivity index (χ0v) is 7.86. The molecule has 7 heteroatoms. The van der Waals surface area contributed by atoms with Crippen molar-refractivity contribution < 1.29 is 22.7 Å². The summed E-state index contributed by atoms with van der Waals surface area (Å²) in [5.74, 6) is 3.81. The second kappa shape index (κ2) is 4.65. The predicted octanol–water partition coefficient (Wildman–Crippen LogP) is 1.56. The highest BCUT2D eigenvalue weighted by Crippen LogP contribution is 2.30. The Bertz CT molecular complexity index is 398. The molecule has 0 bridgehead atoms. The van der Waals surface area contributed by atoms with E-state index in [1.54, 1.807) is 0 Å². The first-order chi connectivity index (χ1) is 7.43. The summed E-state index contributed by atoms with van der Waals surface area (Å²) in [4.78, 5) is 10.8. The van der Waals surface area contributed by atoms with E-state index in [-0.39, 0.29) is 5.75 Å². The molecule has 0 radical (unpaired) electrons. The third-order valence-corrected chi connectivity index (χ3v) is 1.58. The van der Waals surface area contributed by atoms with E-state index in [9.17, 15) is 18.0 Å². The third-order valence-electron chi connectivity index (χ3n) is 1.58. The summed E-state index contributed by atoms with van der Waals surface area (Å²) >= 11 is 0. The number of esters is 1. The number of halogens is 3. The second-order valence-corrected chi connectivity index (χ2v) is 2.72. The highest BCUT2D eigenvalue weighted by atomic mass is 19.4. The Labute approximate surface area is 88.5 Å². The maximum atomic E-state index is 12.2. The van der Waals surface area contributed by atoms with Gasteiger partial charge in [0.1, 0.15) is 12.0 Å². The topological polar surface area (TPSA) is 64.7 Å². The van der Waals surface area contributed by atoms with Crippen molar-refractivity contribution in [3.8, 4) is 5.75 Å². The van der Waals surface area contributed by atoms with Crippen molar-refractivity contribution in [1.29, 1.82) is 0 Å². The number of carbonyl (C=O) groups excluding carboxylic acids is 1. The Morgan fingerprint density at radius 2 is 1.88 bits per heavy atom. The molecule has 4 nitrogen and oxygen atoms in total. The summed E-state index contributed by atoms with van der Waals surface area (Å²) in [7, 11) is 0. The van der Waals surface area contributed by atoms with Crippen LogP contribution in [-0.2, 0) is 11.0 Å². The van der Waals surface area contributed by atoms with E-state index in [2.05, 4.69) is 15.7 Å². The number of hydrogen-bond acceptors (Lipinski definition) is 4. The van der Waals surface area contributed by atoms with Crippen LogP contribution in [0.3, 0.4) is 0 Å². The van der Waals surface area contributed by atoms with Crippen LogP contribution < -0.4 is 10.6 Å². The van der Waals surface area contributed by atoms with E-state index in [0.717, 1.165) is 24.3 Å².